The van der Waals surface area contributed by atoms with Gasteiger partial charge in [0.2, 0.25) is 0 Å². The largest absolute Gasteiger partial charge is 0.478 e. The summed E-state index contributed by atoms with van der Waals surface area (Å²) in [6, 6.07) is 6.46. The average Bonchev–Trinajstić information content (AvgIpc) is 2.41. The Kier molecular flexibility index (Phi) is 4.18. The third-order valence-corrected chi connectivity index (χ3v) is 3.04. The lowest BCUT2D eigenvalue weighted by atomic mass is 10.1. The number of anilines is 1. The molecule has 0 aromatic heterocycles. The molecule has 2 aromatic rings. The number of alkyl halides is 3. The van der Waals surface area contributed by atoms with Gasteiger partial charge in [0.05, 0.1) is 16.1 Å². The molecule has 0 aliphatic rings. The summed E-state index contributed by atoms with van der Waals surface area (Å²) in [5.41, 5.74) is 4.45. The molecular weight excluding hydrogens is 323 g/mol. The molecule has 0 spiro atoms. The van der Waals surface area contributed by atoms with Crippen molar-refractivity contribution in [2.75, 3.05) is 5.73 Å². The zero-order valence-corrected chi connectivity index (χ0v) is 11.6. The quantitative estimate of drug-likeness (QED) is 0.816. The molecule has 8 heteroatoms. The number of halogens is 4. The highest BCUT2D eigenvalue weighted by Gasteiger charge is 2.31. The summed E-state index contributed by atoms with van der Waals surface area (Å²) < 4.78 is 42.9. The van der Waals surface area contributed by atoms with E-state index in [1.54, 1.807) is 0 Å². The highest BCUT2D eigenvalue weighted by Crippen LogP contribution is 2.36. The van der Waals surface area contributed by atoms with Crippen molar-refractivity contribution < 1.29 is 27.8 Å². The molecule has 0 aliphatic carbocycles. The molecule has 0 atom stereocenters. The number of carboxylic acids is 1. The summed E-state index contributed by atoms with van der Waals surface area (Å²) in [7, 11) is 0. The van der Waals surface area contributed by atoms with Crippen molar-refractivity contribution in [1.82, 2.24) is 0 Å². The van der Waals surface area contributed by atoms with Crippen LogP contribution in [0.5, 0.6) is 11.5 Å². The maximum Gasteiger partial charge on any atom is 0.416 e. The molecule has 2 rings (SSSR count). The molecule has 0 unspecified atom stereocenters. The van der Waals surface area contributed by atoms with Crippen LogP contribution in [0.25, 0.3) is 0 Å². The van der Waals surface area contributed by atoms with Crippen LogP contribution in [0, 0.1) is 0 Å². The molecule has 116 valence electrons. The van der Waals surface area contributed by atoms with Crippen molar-refractivity contribution in [2.24, 2.45) is 0 Å². The van der Waals surface area contributed by atoms with Gasteiger partial charge in [-0.1, -0.05) is 11.6 Å². The summed E-state index contributed by atoms with van der Waals surface area (Å²) in [6.45, 7) is 0. The number of nitrogen functional groups attached to an aromatic ring is 1. The van der Waals surface area contributed by atoms with Gasteiger partial charge in [-0.3, -0.25) is 0 Å². The monoisotopic (exact) mass is 331 g/mol. The van der Waals surface area contributed by atoms with E-state index in [1.165, 1.54) is 12.1 Å². The van der Waals surface area contributed by atoms with Gasteiger partial charge in [-0.15, -0.1) is 0 Å². The van der Waals surface area contributed by atoms with Crippen LogP contribution in [-0.4, -0.2) is 11.1 Å². The Morgan fingerprint density at radius 2 is 1.86 bits per heavy atom. The molecule has 0 fully saturated rings. The van der Waals surface area contributed by atoms with Gasteiger partial charge in [0.25, 0.3) is 0 Å². The minimum Gasteiger partial charge on any atom is -0.478 e. The van der Waals surface area contributed by atoms with E-state index < -0.39 is 17.7 Å². The second kappa shape index (κ2) is 5.76. The standard InChI is InChI=1S/C14H9ClF3NO3/c15-10-5-7(14(16,17)18)1-4-12(10)22-8-2-3-11(19)9(6-8)13(20)21/h1-6H,19H2,(H,20,21). The van der Waals surface area contributed by atoms with E-state index in [9.17, 15) is 18.0 Å². The van der Waals surface area contributed by atoms with E-state index in [4.69, 9.17) is 27.2 Å². The number of hydrogen-bond acceptors (Lipinski definition) is 3. The molecule has 0 heterocycles. The van der Waals surface area contributed by atoms with Crippen LogP contribution in [0.4, 0.5) is 18.9 Å². The number of nitrogens with two attached hydrogens (primary N) is 1. The zero-order chi connectivity index (χ0) is 16.5. The number of carboxylic acid groups (broad SMARTS) is 1. The second-order valence-electron chi connectivity index (χ2n) is 4.30. The molecule has 4 nitrogen and oxygen atoms in total. The smallest absolute Gasteiger partial charge is 0.416 e. The van der Waals surface area contributed by atoms with Crippen LogP contribution < -0.4 is 10.5 Å². The lowest BCUT2D eigenvalue weighted by Crippen LogP contribution is -2.05. The van der Waals surface area contributed by atoms with Crippen molar-refractivity contribution in [3.63, 3.8) is 0 Å². The van der Waals surface area contributed by atoms with Crippen LogP contribution in [0.1, 0.15) is 15.9 Å². The second-order valence-corrected chi connectivity index (χ2v) is 4.71. The van der Waals surface area contributed by atoms with Gasteiger partial charge in [-0.05, 0) is 36.4 Å². The molecule has 0 amide bonds. The van der Waals surface area contributed by atoms with Gasteiger partial charge in [-0.2, -0.15) is 13.2 Å². The Balaban J connectivity index is 2.32. The van der Waals surface area contributed by atoms with Gasteiger partial charge in [0, 0.05) is 5.69 Å². The van der Waals surface area contributed by atoms with Crippen LogP contribution in [0.3, 0.4) is 0 Å². The first kappa shape index (κ1) is 16.0. The minimum atomic E-state index is -4.51. The first-order valence-corrected chi connectivity index (χ1v) is 6.23. The highest BCUT2D eigenvalue weighted by molar-refractivity contribution is 6.32. The van der Waals surface area contributed by atoms with Gasteiger partial charge < -0.3 is 15.6 Å². The summed E-state index contributed by atoms with van der Waals surface area (Å²) in [5.74, 6) is -1.19. The van der Waals surface area contributed by atoms with E-state index in [-0.39, 0.29) is 27.8 Å². The van der Waals surface area contributed by atoms with Crippen molar-refractivity contribution in [2.45, 2.75) is 6.18 Å². The predicted octanol–water partition coefficient (Wildman–Crippen LogP) is 4.43. The molecule has 0 saturated carbocycles. The maximum absolute atomic E-state index is 12.5. The summed E-state index contributed by atoms with van der Waals surface area (Å²) in [4.78, 5) is 11.0. The molecule has 0 saturated heterocycles. The minimum absolute atomic E-state index is 0.0317. The van der Waals surface area contributed by atoms with Crippen LogP contribution >= 0.6 is 11.6 Å². The van der Waals surface area contributed by atoms with Crippen LogP contribution in [-0.2, 0) is 6.18 Å². The van der Waals surface area contributed by atoms with Crippen LogP contribution in [0.2, 0.25) is 5.02 Å². The predicted molar refractivity (Wildman–Crippen MR) is 74.3 cm³/mol. The number of rotatable bonds is 3. The molecular formula is C14H9ClF3NO3. The zero-order valence-electron chi connectivity index (χ0n) is 10.8. The third-order valence-electron chi connectivity index (χ3n) is 2.74. The molecule has 0 aliphatic heterocycles. The van der Waals surface area contributed by atoms with E-state index in [0.29, 0.717) is 0 Å². The van der Waals surface area contributed by atoms with Crippen molar-refractivity contribution in [3.05, 3.63) is 52.5 Å². The van der Waals surface area contributed by atoms with E-state index in [0.717, 1.165) is 24.3 Å². The van der Waals surface area contributed by atoms with E-state index in [2.05, 4.69) is 0 Å². The Morgan fingerprint density at radius 1 is 1.18 bits per heavy atom. The SMILES string of the molecule is Nc1ccc(Oc2ccc(C(F)(F)F)cc2Cl)cc1C(=O)O. The molecule has 3 N–H and O–H groups in total. The summed E-state index contributed by atoms with van der Waals surface area (Å²) in [6.07, 6.45) is -4.51. The van der Waals surface area contributed by atoms with Gasteiger partial charge >= 0.3 is 12.1 Å². The highest BCUT2D eigenvalue weighted by atomic mass is 35.5. The molecule has 0 bridgehead atoms. The number of benzene rings is 2. The van der Waals surface area contributed by atoms with Crippen molar-refractivity contribution in [1.29, 1.82) is 0 Å². The number of carbonyl (C=O) groups is 1. The lowest BCUT2D eigenvalue weighted by Gasteiger charge is -2.12. The maximum atomic E-state index is 12.5. The average molecular weight is 332 g/mol. The van der Waals surface area contributed by atoms with Crippen molar-refractivity contribution in [3.8, 4) is 11.5 Å². The van der Waals surface area contributed by atoms with Gasteiger partial charge in [-0.25, -0.2) is 4.79 Å². The Morgan fingerprint density at radius 3 is 2.41 bits per heavy atom. The van der Waals surface area contributed by atoms with Gasteiger partial charge in [0.1, 0.15) is 11.5 Å². The Bertz CT molecular complexity index is 732. The van der Waals surface area contributed by atoms with E-state index in [1.807, 2.05) is 0 Å². The topological polar surface area (TPSA) is 72.5 Å². The molecule has 2 aromatic carbocycles. The summed E-state index contributed by atoms with van der Waals surface area (Å²) in [5, 5.41) is 8.70. The summed E-state index contributed by atoms with van der Waals surface area (Å²) >= 11 is 5.75. The fourth-order valence-electron chi connectivity index (χ4n) is 1.67. The van der Waals surface area contributed by atoms with Gasteiger partial charge in [0.15, 0.2) is 0 Å². The fourth-order valence-corrected chi connectivity index (χ4v) is 1.89. The molecule has 22 heavy (non-hydrogen) atoms. The third kappa shape index (κ3) is 3.43. The van der Waals surface area contributed by atoms with Crippen molar-refractivity contribution >= 4 is 23.3 Å². The Labute approximate surface area is 127 Å². The first-order chi connectivity index (χ1) is 10.2. The number of aromatic carboxylic acids is 1. The first-order valence-electron chi connectivity index (χ1n) is 5.86. The number of hydrogen-bond donors (Lipinski definition) is 2. The van der Waals surface area contributed by atoms with Crippen LogP contribution in [0.15, 0.2) is 36.4 Å². The lowest BCUT2D eigenvalue weighted by molar-refractivity contribution is -0.137. The van der Waals surface area contributed by atoms with E-state index >= 15 is 0 Å². The Hall–Kier alpha value is -2.41. The molecule has 0 radical (unpaired) electrons. The fraction of sp³-hybridized carbons (Fsp3) is 0.0714. The normalized spacial score (nSPS) is 11.3. The number of ether oxygens (including phenoxy) is 1.